The van der Waals surface area contributed by atoms with Crippen molar-refractivity contribution >= 4 is 11.9 Å². The predicted octanol–water partition coefficient (Wildman–Crippen LogP) is 6.31. The minimum Gasteiger partial charge on any atom is -0.489 e. The van der Waals surface area contributed by atoms with Crippen LogP contribution < -0.4 is 4.74 Å². The van der Waals surface area contributed by atoms with Gasteiger partial charge in [0.15, 0.2) is 0 Å². The van der Waals surface area contributed by atoms with E-state index in [2.05, 4.69) is 25.0 Å². The molecule has 4 rings (SSSR count). The molecule has 4 aromatic rings. The fourth-order valence-electron chi connectivity index (χ4n) is 4.30. The molecule has 0 amide bonds. The van der Waals surface area contributed by atoms with Crippen molar-refractivity contribution in [3.05, 3.63) is 106 Å². The van der Waals surface area contributed by atoms with Gasteiger partial charge in [0.05, 0.1) is 16.8 Å². The Morgan fingerprint density at radius 2 is 1.70 bits per heavy atom. The topological polar surface area (TPSA) is 102 Å². The van der Waals surface area contributed by atoms with E-state index in [1.165, 1.54) is 12.1 Å². The maximum absolute atomic E-state index is 11.8. The minimum absolute atomic E-state index is 0.0142. The Bertz CT molecular complexity index is 1470. The lowest BCUT2D eigenvalue weighted by atomic mass is 9.93. The Labute approximate surface area is 216 Å². The van der Waals surface area contributed by atoms with E-state index >= 15 is 0 Å². The van der Waals surface area contributed by atoms with Gasteiger partial charge in [-0.1, -0.05) is 24.3 Å². The monoisotopic (exact) mass is 498 g/mol. The third-order valence-corrected chi connectivity index (χ3v) is 6.46. The first-order chi connectivity index (χ1) is 17.6. The van der Waals surface area contributed by atoms with Crippen LogP contribution in [0.25, 0.3) is 11.3 Å². The zero-order valence-electron chi connectivity index (χ0n) is 21.4. The molecular formula is C30H30N2O5. The highest BCUT2D eigenvalue weighted by molar-refractivity contribution is 5.95. The first-order valence-corrected chi connectivity index (χ1v) is 12.1. The minimum atomic E-state index is -1.16. The maximum Gasteiger partial charge on any atom is 0.336 e. The molecule has 7 nitrogen and oxygen atoms in total. The molecule has 2 N–H and O–H groups in total. The molecule has 0 unspecified atom stereocenters. The molecule has 0 aliphatic heterocycles. The molecule has 3 aromatic carbocycles. The number of aromatic nitrogens is 2. The molecule has 0 bridgehead atoms. The summed E-state index contributed by atoms with van der Waals surface area (Å²) in [5, 5.41) is 23.6. The van der Waals surface area contributed by atoms with Crippen LogP contribution >= 0.6 is 0 Å². The van der Waals surface area contributed by atoms with Crippen molar-refractivity contribution in [2.75, 3.05) is 0 Å². The summed E-state index contributed by atoms with van der Waals surface area (Å²) in [5.41, 5.74) is 6.34. The van der Waals surface area contributed by atoms with Crippen LogP contribution in [0, 0.1) is 13.8 Å². The molecule has 0 atom stereocenters. The van der Waals surface area contributed by atoms with Crippen LogP contribution in [-0.2, 0) is 13.0 Å². The predicted molar refractivity (Wildman–Crippen MR) is 141 cm³/mol. The number of benzene rings is 3. The lowest BCUT2D eigenvalue weighted by Gasteiger charge is -2.16. The van der Waals surface area contributed by atoms with Crippen LogP contribution in [0.5, 0.6) is 5.75 Å². The molecule has 190 valence electrons. The van der Waals surface area contributed by atoms with Gasteiger partial charge in [0, 0.05) is 17.8 Å². The fraction of sp³-hybridized carbons (Fsp3) is 0.233. The summed E-state index contributed by atoms with van der Waals surface area (Å²) < 4.78 is 8.16. The van der Waals surface area contributed by atoms with Crippen molar-refractivity contribution < 1.29 is 24.5 Å². The average Bonchev–Trinajstić information content (AvgIpc) is 3.35. The largest absolute Gasteiger partial charge is 0.489 e. The summed E-state index contributed by atoms with van der Waals surface area (Å²) in [6, 6.07) is 18.4. The standard InChI is InChI=1S/C30H30N2O5/c1-18(2)32-13-12-27(31-32)23-10-11-28(20(4)14-23)37-17-26-19(3)6-5-7-21(26)15-22-8-9-24(29(33)34)16-25(22)30(35)36/h5-14,16,18H,15,17H2,1-4H3,(H,33,34)(H,35,36). The highest BCUT2D eigenvalue weighted by Crippen LogP contribution is 2.28. The summed E-state index contributed by atoms with van der Waals surface area (Å²) in [5.74, 6) is -1.55. The van der Waals surface area contributed by atoms with Crippen LogP contribution in [0.15, 0.2) is 66.9 Å². The maximum atomic E-state index is 11.8. The Morgan fingerprint density at radius 3 is 2.35 bits per heavy atom. The Hall–Kier alpha value is -4.39. The SMILES string of the molecule is Cc1cc(-c2ccn(C(C)C)n2)ccc1OCc1c(C)cccc1Cc1ccc(C(=O)O)cc1C(=O)O. The highest BCUT2D eigenvalue weighted by Gasteiger charge is 2.17. The normalized spacial score (nSPS) is 11.1. The van der Waals surface area contributed by atoms with Crippen molar-refractivity contribution in [2.45, 2.75) is 46.8 Å². The van der Waals surface area contributed by atoms with Gasteiger partial charge in [-0.3, -0.25) is 4.68 Å². The lowest BCUT2D eigenvalue weighted by Crippen LogP contribution is -2.09. The molecular weight excluding hydrogens is 468 g/mol. The second-order valence-electron chi connectivity index (χ2n) is 9.42. The average molecular weight is 499 g/mol. The number of carboxylic acid groups (broad SMARTS) is 2. The highest BCUT2D eigenvalue weighted by atomic mass is 16.5. The first kappa shape index (κ1) is 25.7. The van der Waals surface area contributed by atoms with Crippen molar-refractivity contribution in [1.29, 1.82) is 0 Å². The quantitative estimate of drug-likeness (QED) is 0.280. The Kier molecular flexibility index (Phi) is 7.43. The molecule has 0 aliphatic rings. The van der Waals surface area contributed by atoms with E-state index < -0.39 is 11.9 Å². The number of aryl methyl sites for hydroxylation is 2. The van der Waals surface area contributed by atoms with Crippen LogP contribution in [-0.4, -0.2) is 31.9 Å². The van der Waals surface area contributed by atoms with Gasteiger partial charge in [-0.25, -0.2) is 9.59 Å². The third kappa shape index (κ3) is 5.72. The first-order valence-electron chi connectivity index (χ1n) is 12.1. The molecule has 1 aromatic heterocycles. The number of hydrogen-bond acceptors (Lipinski definition) is 4. The van der Waals surface area contributed by atoms with Crippen LogP contribution in [0.2, 0.25) is 0 Å². The van der Waals surface area contributed by atoms with Gasteiger partial charge < -0.3 is 14.9 Å². The third-order valence-electron chi connectivity index (χ3n) is 6.46. The number of hydrogen-bond donors (Lipinski definition) is 2. The molecule has 0 fully saturated rings. The van der Waals surface area contributed by atoms with Gasteiger partial charge in [-0.15, -0.1) is 0 Å². The van der Waals surface area contributed by atoms with Gasteiger partial charge in [0.2, 0.25) is 0 Å². The second-order valence-corrected chi connectivity index (χ2v) is 9.42. The summed E-state index contributed by atoms with van der Waals surface area (Å²) in [6.07, 6.45) is 2.32. The number of carbonyl (C=O) groups is 2. The van der Waals surface area contributed by atoms with Gasteiger partial charge in [0.25, 0.3) is 0 Å². The number of rotatable bonds is 9. The van der Waals surface area contributed by atoms with E-state index in [9.17, 15) is 19.8 Å². The smallest absolute Gasteiger partial charge is 0.336 e. The summed E-state index contributed by atoms with van der Waals surface area (Å²) in [7, 11) is 0. The van der Waals surface area contributed by atoms with Gasteiger partial charge in [-0.05, 0) is 98.3 Å². The van der Waals surface area contributed by atoms with Crippen molar-refractivity contribution in [3.63, 3.8) is 0 Å². The molecule has 0 aliphatic carbocycles. The molecule has 1 heterocycles. The van der Waals surface area contributed by atoms with E-state index in [1.54, 1.807) is 6.07 Å². The van der Waals surface area contributed by atoms with Gasteiger partial charge in [-0.2, -0.15) is 5.10 Å². The summed E-state index contributed by atoms with van der Waals surface area (Å²) in [4.78, 5) is 23.1. The van der Waals surface area contributed by atoms with E-state index in [0.29, 0.717) is 24.6 Å². The van der Waals surface area contributed by atoms with Gasteiger partial charge in [0.1, 0.15) is 12.4 Å². The summed E-state index contributed by atoms with van der Waals surface area (Å²) >= 11 is 0. The number of nitrogens with zero attached hydrogens (tertiary/aromatic N) is 2. The van der Waals surface area contributed by atoms with Crippen molar-refractivity contribution in [3.8, 4) is 17.0 Å². The van der Waals surface area contributed by atoms with Crippen molar-refractivity contribution in [1.82, 2.24) is 9.78 Å². The Morgan fingerprint density at radius 1 is 0.919 bits per heavy atom. The van der Waals surface area contributed by atoms with E-state index in [4.69, 9.17) is 4.74 Å². The molecule has 0 saturated carbocycles. The number of ether oxygens (including phenoxy) is 1. The molecule has 0 radical (unpaired) electrons. The van der Waals surface area contributed by atoms with Crippen LogP contribution in [0.3, 0.4) is 0 Å². The molecule has 7 heteroatoms. The van der Waals surface area contributed by atoms with E-state index in [1.807, 2.05) is 61.1 Å². The summed E-state index contributed by atoms with van der Waals surface area (Å²) in [6.45, 7) is 8.49. The van der Waals surface area contributed by atoms with E-state index in [0.717, 1.165) is 39.3 Å². The number of aromatic carboxylic acids is 2. The van der Waals surface area contributed by atoms with E-state index in [-0.39, 0.29) is 11.1 Å². The van der Waals surface area contributed by atoms with Gasteiger partial charge >= 0.3 is 11.9 Å². The zero-order valence-corrected chi connectivity index (χ0v) is 21.4. The molecule has 0 saturated heterocycles. The zero-order chi connectivity index (χ0) is 26.7. The molecule has 0 spiro atoms. The van der Waals surface area contributed by atoms with Crippen molar-refractivity contribution in [2.24, 2.45) is 0 Å². The van der Waals surface area contributed by atoms with Crippen LogP contribution in [0.4, 0.5) is 0 Å². The number of carboxylic acids is 2. The second kappa shape index (κ2) is 10.7. The molecule has 37 heavy (non-hydrogen) atoms. The fourth-order valence-corrected chi connectivity index (χ4v) is 4.30. The van der Waals surface area contributed by atoms with Crippen LogP contribution in [0.1, 0.15) is 68.4 Å². The lowest BCUT2D eigenvalue weighted by molar-refractivity contribution is 0.0695. The Balaban J connectivity index is 1.56.